The van der Waals surface area contributed by atoms with Crippen LogP contribution in [0.1, 0.15) is 0 Å². The summed E-state index contributed by atoms with van der Waals surface area (Å²) in [5, 5.41) is 10.5. The zero-order valence-electron chi connectivity index (χ0n) is 8.60. The summed E-state index contributed by atoms with van der Waals surface area (Å²) in [5.74, 6) is -2.18. The molecule has 1 aromatic heterocycles. The molecule has 0 fully saturated rings. The van der Waals surface area contributed by atoms with Crippen molar-refractivity contribution in [1.82, 2.24) is 9.97 Å². The van der Waals surface area contributed by atoms with Gasteiger partial charge in [-0.2, -0.15) is 0 Å². The highest BCUT2D eigenvalue weighted by Gasteiger charge is 2.23. The van der Waals surface area contributed by atoms with Crippen molar-refractivity contribution in [1.29, 1.82) is 0 Å². The van der Waals surface area contributed by atoms with Crippen LogP contribution in [0.2, 0.25) is 5.15 Å². The molecule has 5 nitrogen and oxygen atoms in total. The average Bonchev–Trinajstić information content (AvgIpc) is 2.32. The normalized spacial score (nSPS) is 10.4. The Bertz CT molecular complexity index is 637. The molecule has 0 spiro atoms. The minimum absolute atomic E-state index is 0.0462. The third-order valence-corrected chi connectivity index (χ3v) is 2.43. The zero-order valence-corrected chi connectivity index (χ0v) is 9.36. The first kappa shape index (κ1) is 12.3. The SMILES string of the molecule is O=[N+]([O-])c1c(Cl)ncnc1-c1ccc(F)c(F)c1. The number of aromatic nitrogens is 2. The summed E-state index contributed by atoms with van der Waals surface area (Å²) >= 11 is 5.58. The number of benzene rings is 1. The lowest BCUT2D eigenvalue weighted by Crippen LogP contribution is -1.98. The summed E-state index contributed by atoms with van der Waals surface area (Å²) in [6, 6.07) is 2.83. The van der Waals surface area contributed by atoms with Gasteiger partial charge in [0, 0.05) is 5.56 Å². The highest BCUT2D eigenvalue weighted by atomic mass is 35.5. The van der Waals surface area contributed by atoms with Gasteiger partial charge in [0.1, 0.15) is 6.33 Å². The van der Waals surface area contributed by atoms with Crippen LogP contribution >= 0.6 is 11.6 Å². The van der Waals surface area contributed by atoms with Gasteiger partial charge < -0.3 is 0 Å². The van der Waals surface area contributed by atoms with E-state index in [2.05, 4.69) is 9.97 Å². The third kappa shape index (κ3) is 2.12. The van der Waals surface area contributed by atoms with Crippen molar-refractivity contribution >= 4 is 17.3 Å². The predicted octanol–water partition coefficient (Wildman–Crippen LogP) is 2.98. The lowest BCUT2D eigenvalue weighted by Gasteiger charge is -2.03. The average molecular weight is 272 g/mol. The van der Waals surface area contributed by atoms with Gasteiger partial charge >= 0.3 is 5.69 Å². The molecule has 2 aromatic rings. The first-order chi connectivity index (χ1) is 8.50. The monoisotopic (exact) mass is 271 g/mol. The fourth-order valence-corrected chi connectivity index (χ4v) is 1.58. The Kier molecular flexibility index (Phi) is 3.15. The Labute approximate surface area is 104 Å². The van der Waals surface area contributed by atoms with Gasteiger partial charge in [-0.3, -0.25) is 10.1 Å². The number of hydrogen-bond acceptors (Lipinski definition) is 4. The first-order valence-electron chi connectivity index (χ1n) is 4.61. The van der Waals surface area contributed by atoms with E-state index in [4.69, 9.17) is 11.6 Å². The maximum Gasteiger partial charge on any atom is 0.332 e. The molecule has 0 aliphatic heterocycles. The van der Waals surface area contributed by atoms with E-state index in [0.717, 1.165) is 18.5 Å². The van der Waals surface area contributed by atoms with Crippen LogP contribution in [0.25, 0.3) is 11.3 Å². The van der Waals surface area contributed by atoms with Crippen molar-refractivity contribution in [3.8, 4) is 11.3 Å². The second kappa shape index (κ2) is 4.61. The lowest BCUT2D eigenvalue weighted by molar-refractivity contribution is -0.384. The lowest BCUT2D eigenvalue weighted by atomic mass is 10.1. The Balaban J connectivity index is 2.67. The molecule has 0 bridgehead atoms. The number of rotatable bonds is 2. The molecule has 0 N–H and O–H groups in total. The van der Waals surface area contributed by atoms with E-state index in [1.807, 2.05) is 0 Å². The summed E-state index contributed by atoms with van der Waals surface area (Å²) in [6.07, 6.45) is 1.01. The van der Waals surface area contributed by atoms with Crippen molar-refractivity contribution in [3.05, 3.63) is 51.4 Å². The molecule has 0 unspecified atom stereocenters. The van der Waals surface area contributed by atoms with Gasteiger partial charge in [0.05, 0.1) is 4.92 Å². The van der Waals surface area contributed by atoms with Crippen LogP contribution in [0.4, 0.5) is 14.5 Å². The molecule has 92 valence electrons. The molecule has 1 heterocycles. The molecular formula is C10H4ClF2N3O2. The van der Waals surface area contributed by atoms with Crippen LogP contribution in [0.15, 0.2) is 24.5 Å². The van der Waals surface area contributed by atoms with Crippen LogP contribution in [0.5, 0.6) is 0 Å². The van der Waals surface area contributed by atoms with Crippen LogP contribution in [-0.2, 0) is 0 Å². The molecule has 0 aliphatic rings. The maximum absolute atomic E-state index is 13.1. The summed E-state index contributed by atoms with van der Waals surface area (Å²) in [6.45, 7) is 0. The number of halogens is 3. The van der Waals surface area contributed by atoms with Gasteiger partial charge in [-0.25, -0.2) is 18.7 Å². The summed E-state index contributed by atoms with van der Waals surface area (Å²) in [5.41, 5.74) is -0.672. The molecule has 0 amide bonds. The number of hydrogen-bond donors (Lipinski definition) is 0. The Morgan fingerprint density at radius 2 is 1.94 bits per heavy atom. The molecule has 2 rings (SSSR count). The molecule has 0 saturated heterocycles. The fraction of sp³-hybridized carbons (Fsp3) is 0. The van der Waals surface area contributed by atoms with Gasteiger partial charge in [0.25, 0.3) is 0 Å². The molecule has 0 radical (unpaired) electrons. The van der Waals surface area contributed by atoms with Crippen molar-refractivity contribution < 1.29 is 13.7 Å². The van der Waals surface area contributed by atoms with Crippen molar-refractivity contribution in [2.24, 2.45) is 0 Å². The highest BCUT2D eigenvalue weighted by Crippen LogP contribution is 2.32. The summed E-state index contributed by atoms with van der Waals surface area (Å²) in [7, 11) is 0. The Morgan fingerprint density at radius 1 is 1.22 bits per heavy atom. The zero-order chi connectivity index (χ0) is 13.3. The van der Waals surface area contributed by atoms with Gasteiger partial charge in [0.2, 0.25) is 5.15 Å². The molecule has 18 heavy (non-hydrogen) atoms. The van der Waals surface area contributed by atoms with Gasteiger partial charge in [-0.1, -0.05) is 11.6 Å². The molecule has 0 atom stereocenters. The quantitative estimate of drug-likeness (QED) is 0.478. The number of nitrogens with zero attached hydrogens (tertiary/aromatic N) is 3. The summed E-state index contributed by atoms with van der Waals surface area (Å²) < 4.78 is 25.9. The summed E-state index contributed by atoms with van der Waals surface area (Å²) in [4.78, 5) is 17.2. The van der Waals surface area contributed by atoms with Gasteiger partial charge in [-0.15, -0.1) is 0 Å². The van der Waals surface area contributed by atoms with Gasteiger partial charge in [-0.05, 0) is 18.2 Å². The Morgan fingerprint density at radius 3 is 2.56 bits per heavy atom. The van der Waals surface area contributed by atoms with E-state index < -0.39 is 22.2 Å². The van der Waals surface area contributed by atoms with E-state index in [0.29, 0.717) is 0 Å². The molecule has 0 aliphatic carbocycles. The van der Waals surface area contributed by atoms with Crippen molar-refractivity contribution in [2.45, 2.75) is 0 Å². The molecule has 8 heteroatoms. The van der Waals surface area contributed by atoms with E-state index in [-0.39, 0.29) is 16.4 Å². The molecule has 1 aromatic carbocycles. The highest BCUT2D eigenvalue weighted by molar-refractivity contribution is 6.31. The Hall–Kier alpha value is -2.15. The van der Waals surface area contributed by atoms with Crippen LogP contribution < -0.4 is 0 Å². The standard InChI is InChI=1S/C10H4ClF2N3O2/c11-10-9(16(17)18)8(14-4-15-10)5-1-2-6(12)7(13)3-5/h1-4H. The van der Waals surface area contributed by atoms with E-state index in [1.54, 1.807) is 0 Å². The van der Waals surface area contributed by atoms with E-state index in [1.165, 1.54) is 6.07 Å². The fourth-order valence-electron chi connectivity index (χ4n) is 1.37. The van der Waals surface area contributed by atoms with Crippen LogP contribution in [-0.4, -0.2) is 14.9 Å². The van der Waals surface area contributed by atoms with Gasteiger partial charge in [0.15, 0.2) is 17.3 Å². The smallest absolute Gasteiger partial charge is 0.258 e. The second-order valence-electron chi connectivity index (χ2n) is 3.25. The maximum atomic E-state index is 13.1. The predicted molar refractivity (Wildman–Crippen MR) is 59.0 cm³/mol. The van der Waals surface area contributed by atoms with E-state index in [9.17, 15) is 18.9 Å². The topological polar surface area (TPSA) is 68.9 Å². The van der Waals surface area contributed by atoms with Crippen molar-refractivity contribution in [3.63, 3.8) is 0 Å². The third-order valence-electron chi connectivity index (χ3n) is 2.15. The largest absolute Gasteiger partial charge is 0.332 e. The first-order valence-corrected chi connectivity index (χ1v) is 4.99. The number of nitro groups is 1. The molecular weight excluding hydrogens is 268 g/mol. The van der Waals surface area contributed by atoms with E-state index >= 15 is 0 Å². The minimum Gasteiger partial charge on any atom is -0.258 e. The minimum atomic E-state index is -1.13. The molecule has 0 saturated carbocycles. The van der Waals surface area contributed by atoms with Crippen LogP contribution in [0.3, 0.4) is 0 Å². The van der Waals surface area contributed by atoms with Crippen molar-refractivity contribution in [2.75, 3.05) is 0 Å². The van der Waals surface area contributed by atoms with Crippen LogP contribution in [0, 0.1) is 21.7 Å². The second-order valence-corrected chi connectivity index (χ2v) is 3.61.